The number of hydrogen-bond acceptors (Lipinski definition) is 5. The van der Waals surface area contributed by atoms with Crippen LogP contribution in [0.4, 0.5) is 13.6 Å². The van der Waals surface area contributed by atoms with Gasteiger partial charge in [0.25, 0.3) is 0 Å². The van der Waals surface area contributed by atoms with Crippen LogP contribution in [0.15, 0.2) is 18.2 Å². The standard InChI is InChI=1S/C19H24F2N2O5/c1-11(24)23-8-14(6-15(23)10-27-19(22)25)13-4-5-16(28-18(20)21)17(7-13)26-9-12-2-3-12/h4-5,7,12,14-15,18H,2-3,6,8-10H2,1H3,(H2,22,25)/t14?,15-/m1/s1. The first-order valence-corrected chi connectivity index (χ1v) is 9.24. The number of halogens is 2. The van der Waals surface area contributed by atoms with Crippen molar-refractivity contribution in [3.05, 3.63) is 23.8 Å². The molecule has 1 aliphatic carbocycles. The van der Waals surface area contributed by atoms with Gasteiger partial charge < -0.3 is 24.8 Å². The van der Waals surface area contributed by atoms with Crippen LogP contribution in [-0.4, -0.2) is 49.3 Å². The minimum Gasteiger partial charge on any atom is -0.489 e. The average molecular weight is 398 g/mol. The van der Waals surface area contributed by atoms with Crippen molar-refractivity contribution in [1.82, 2.24) is 4.90 Å². The van der Waals surface area contributed by atoms with E-state index in [2.05, 4.69) is 4.74 Å². The summed E-state index contributed by atoms with van der Waals surface area (Å²) in [6, 6.07) is 4.57. The van der Waals surface area contributed by atoms with Gasteiger partial charge in [-0.1, -0.05) is 6.07 Å². The van der Waals surface area contributed by atoms with Crippen molar-refractivity contribution in [2.45, 2.75) is 44.8 Å². The molecule has 1 unspecified atom stereocenters. The van der Waals surface area contributed by atoms with E-state index in [-0.39, 0.29) is 36.0 Å². The number of likely N-dealkylation sites (tertiary alicyclic amines) is 1. The minimum atomic E-state index is -2.94. The van der Waals surface area contributed by atoms with Gasteiger partial charge in [-0.05, 0) is 42.9 Å². The molecule has 2 atom stereocenters. The van der Waals surface area contributed by atoms with Crippen molar-refractivity contribution in [2.24, 2.45) is 11.7 Å². The maximum atomic E-state index is 12.7. The zero-order valence-electron chi connectivity index (χ0n) is 15.6. The Labute approximate surface area is 161 Å². The van der Waals surface area contributed by atoms with Crippen LogP contribution in [0.25, 0.3) is 0 Å². The summed E-state index contributed by atoms with van der Waals surface area (Å²) in [4.78, 5) is 24.4. The molecule has 0 bridgehead atoms. The van der Waals surface area contributed by atoms with Crippen LogP contribution in [-0.2, 0) is 9.53 Å². The Morgan fingerprint density at radius 2 is 2.00 bits per heavy atom. The number of carbonyl (C=O) groups is 2. The molecule has 0 spiro atoms. The molecule has 1 aliphatic heterocycles. The summed E-state index contributed by atoms with van der Waals surface area (Å²) in [6.07, 6.45) is 1.81. The van der Waals surface area contributed by atoms with Gasteiger partial charge in [0.1, 0.15) is 6.61 Å². The number of nitrogens with two attached hydrogens (primary N) is 1. The van der Waals surface area contributed by atoms with Crippen LogP contribution in [0, 0.1) is 5.92 Å². The second-order valence-electron chi connectivity index (χ2n) is 7.23. The molecule has 1 saturated heterocycles. The van der Waals surface area contributed by atoms with Crippen molar-refractivity contribution >= 4 is 12.0 Å². The van der Waals surface area contributed by atoms with Crippen LogP contribution < -0.4 is 15.2 Å². The van der Waals surface area contributed by atoms with Crippen LogP contribution in [0.5, 0.6) is 11.5 Å². The molecular weight excluding hydrogens is 374 g/mol. The summed E-state index contributed by atoms with van der Waals surface area (Å²) in [5.74, 6) is 0.543. The number of amides is 2. The number of nitrogens with zero attached hydrogens (tertiary/aromatic N) is 1. The van der Waals surface area contributed by atoms with Gasteiger partial charge >= 0.3 is 12.7 Å². The largest absolute Gasteiger partial charge is 0.489 e. The second kappa shape index (κ2) is 8.62. The molecule has 9 heteroatoms. The second-order valence-corrected chi connectivity index (χ2v) is 7.23. The van der Waals surface area contributed by atoms with Crippen molar-refractivity contribution in [3.63, 3.8) is 0 Å². The highest BCUT2D eigenvalue weighted by atomic mass is 19.3. The molecule has 7 nitrogen and oxygen atoms in total. The molecule has 3 rings (SSSR count). The molecule has 2 amide bonds. The molecule has 1 aromatic carbocycles. The lowest BCUT2D eigenvalue weighted by molar-refractivity contribution is -0.130. The number of primary amides is 1. The summed E-state index contributed by atoms with van der Waals surface area (Å²) < 4.78 is 40.5. The fourth-order valence-corrected chi connectivity index (χ4v) is 3.46. The summed E-state index contributed by atoms with van der Waals surface area (Å²) >= 11 is 0. The van der Waals surface area contributed by atoms with Crippen LogP contribution in [0.3, 0.4) is 0 Å². The lowest BCUT2D eigenvalue weighted by Gasteiger charge is -2.22. The highest BCUT2D eigenvalue weighted by Gasteiger charge is 2.35. The third-order valence-corrected chi connectivity index (χ3v) is 5.06. The Hall–Kier alpha value is -2.58. The molecule has 2 fully saturated rings. The van der Waals surface area contributed by atoms with E-state index in [1.54, 1.807) is 17.0 Å². The molecule has 0 aromatic heterocycles. The number of rotatable bonds is 8. The van der Waals surface area contributed by atoms with Crippen molar-refractivity contribution < 1.29 is 32.6 Å². The number of alkyl halides is 2. The predicted molar refractivity (Wildman–Crippen MR) is 95.4 cm³/mol. The summed E-state index contributed by atoms with van der Waals surface area (Å²) in [5.41, 5.74) is 5.87. The first kappa shape index (κ1) is 20.2. The van der Waals surface area contributed by atoms with E-state index in [0.717, 1.165) is 18.4 Å². The molecule has 2 aliphatic rings. The first-order valence-electron chi connectivity index (χ1n) is 9.24. The van der Waals surface area contributed by atoms with E-state index >= 15 is 0 Å². The molecule has 1 heterocycles. The SMILES string of the molecule is CC(=O)N1CC(c2ccc(OC(F)F)c(OCC3CC3)c2)C[C@@H]1COC(N)=O. The van der Waals surface area contributed by atoms with Gasteiger partial charge in [0.05, 0.1) is 12.6 Å². The zero-order valence-corrected chi connectivity index (χ0v) is 15.6. The highest BCUT2D eigenvalue weighted by molar-refractivity contribution is 5.74. The van der Waals surface area contributed by atoms with Gasteiger partial charge in [-0.15, -0.1) is 0 Å². The Morgan fingerprint density at radius 1 is 1.25 bits per heavy atom. The van der Waals surface area contributed by atoms with Gasteiger partial charge in [-0.2, -0.15) is 8.78 Å². The Balaban J connectivity index is 1.76. The topological polar surface area (TPSA) is 91.1 Å². The Bertz CT molecular complexity index is 726. The van der Waals surface area contributed by atoms with Crippen molar-refractivity contribution in [3.8, 4) is 11.5 Å². The predicted octanol–water partition coefficient (Wildman–Crippen LogP) is 2.88. The lowest BCUT2D eigenvalue weighted by Crippen LogP contribution is -2.37. The van der Waals surface area contributed by atoms with Crippen molar-refractivity contribution in [2.75, 3.05) is 19.8 Å². The summed E-state index contributed by atoms with van der Waals surface area (Å²) in [6.45, 7) is -0.585. The number of ether oxygens (including phenoxy) is 3. The molecule has 1 aromatic rings. The van der Waals surface area contributed by atoms with Gasteiger partial charge in [-0.25, -0.2) is 4.79 Å². The monoisotopic (exact) mass is 398 g/mol. The quantitative estimate of drug-likeness (QED) is 0.727. The van der Waals surface area contributed by atoms with Gasteiger partial charge in [0, 0.05) is 19.4 Å². The maximum Gasteiger partial charge on any atom is 0.404 e. The molecule has 2 N–H and O–H groups in total. The van der Waals surface area contributed by atoms with Gasteiger partial charge in [-0.3, -0.25) is 4.79 Å². The molecule has 0 radical (unpaired) electrons. The summed E-state index contributed by atoms with van der Waals surface area (Å²) in [5, 5.41) is 0. The Kier molecular flexibility index (Phi) is 6.21. The van der Waals surface area contributed by atoms with E-state index in [1.165, 1.54) is 13.0 Å². The molecule has 1 saturated carbocycles. The zero-order chi connectivity index (χ0) is 20.3. The molecule has 154 valence electrons. The normalized spacial score (nSPS) is 21.6. The van der Waals surface area contributed by atoms with E-state index in [1.807, 2.05) is 0 Å². The molecule has 28 heavy (non-hydrogen) atoms. The van der Waals surface area contributed by atoms with Crippen LogP contribution >= 0.6 is 0 Å². The number of hydrogen-bond donors (Lipinski definition) is 1. The highest BCUT2D eigenvalue weighted by Crippen LogP contribution is 2.38. The van der Waals surface area contributed by atoms with Gasteiger partial charge in [0.2, 0.25) is 5.91 Å². The first-order chi connectivity index (χ1) is 13.3. The molecular formula is C19H24F2N2O5. The third kappa shape index (κ3) is 5.24. The van der Waals surface area contributed by atoms with Crippen molar-refractivity contribution in [1.29, 1.82) is 0 Å². The van der Waals surface area contributed by atoms with E-state index in [9.17, 15) is 18.4 Å². The Morgan fingerprint density at radius 3 is 2.61 bits per heavy atom. The fourth-order valence-electron chi connectivity index (χ4n) is 3.46. The lowest BCUT2D eigenvalue weighted by atomic mass is 9.96. The fraction of sp³-hybridized carbons (Fsp3) is 0.579. The maximum absolute atomic E-state index is 12.7. The van der Waals surface area contributed by atoms with Crippen LogP contribution in [0.1, 0.15) is 37.7 Å². The minimum absolute atomic E-state index is 0.00515. The average Bonchev–Trinajstić information content (AvgIpc) is 3.35. The van der Waals surface area contributed by atoms with E-state index in [4.69, 9.17) is 15.2 Å². The third-order valence-electron chi connectivity index (χ3n) is 5.06. The van der Waals surface area contributed by atoms with Gasteiger partial charge in [0.15, 0.2) is 11.5 Å². The number of carbonyl (C=O) groups excluding carboxylic acids is 2. The van der Waals surface area contributed by atoms with Crippen LogP contribution in [0.2, 0.25) is 0 Å². The van der Waals surface area contributed by atoms with E-state index < -0.39 is 12.7 Å². The van der Waals surface area contributed by atoms with E-state index in [0.29, 0.717) is 25.5 Å². The number of benzene rings is 1. The summed E-state index contributed by atoms with van der Waals surface area (Å²) in [7, 11) is 0. The smallest absolute Gasteiger partial charge is 0.404 e.